The highest BCUT2D eigenvalue weighted by atomic mass is 16.5. The van der Waals surface area contributed by atoms with Gasteiger partial charge in [-0.05, 0) is 41.5 Å². The molecule has 3 rings (SSSR count). The molecule has 1 aliphatic rings. The first kappa shape index (κ1) is 13.5. The van der Waals surface area contributed by atoms with Crippen LogP contribution in [0.2, 0.25) is 0 Å². The van der Waals surface area contributed by atoms with E-state index < -0.39 is 0 Å². The Morgan fingerprint density at radius 2 is 1.71 bits per heavy atom. The van der Waals surface area contributed by atoms with Gasteiger partial charge in [0.1, 0.15) is 0 Å². The van der Waals surface area contributed by atoms with E-state index in [0.29, 0.717) is 24.3 Å². The fraction of sp³-hybridized carbons (Fsp3) is 0.176. The monoisotopic (exact) mass is 281 g/mol. The van der Waals surface area contributed by atoms with Gasteiger partial charge in [0.05, 0.1) is 13.2 Å². The average Bonchev–Trinajstić information content (AvgIpc) is 3.01. The molecule has 0 bridgehead atoms. The van der Waals surface area contributed by atoms with Crippen molar-refractivity contribution in [2.75, 3.05) is 11.9 Å². The zero-order valence-electron chi connectivity index (χ0n) is 11.7. The first-order valence-corrected chi connectivity index (χ1v) is 6.71. The van der Waals surface area contributed by atoms with Crippen LogP contribution in [0.25, 0.3) is 0 Å². The fourth-order valence-corrected chi connectivity index (χ4v) is 2.39. The molecule has 2 aromatic carbocycles. The molecule has 4 nitrogen and oxygen atoms in total. The zero-order chi connectivity index (χ0) is 14.8. The molecule has 0 radical (unpaired) electrons. The number of ketones is 1. The summed E-state index contributed by atoms with van der Waals surface area (Å²) in [7, 11) is 1.67. The normalized spacial score (nSPS) is 12.8. The number of carbonyl (C=O) groups is 2. The number of nitrogens with zero attached hydrogens (tertiary/aromatic N) is 1. The van der Waals surface area contributed by atoms with Gasteiger partial charge in [-0.25, -0.2) is 0 Å². The molecule has 4 heteroatoms. The number of fused-ring (bicyclic) bond motifs is 1. The minimum Gasteiger partial charge on any atom is -0.372 e. The van der Waals surface area contributed by atoms with Crippen molar-refractivity contribution in [2.45, 2.75) is 13.2 Å². The van der Waals surface area contributed by atoms with Gasteiger partial charge >= 0.3 is 0 Å². The summed E-state index contributed by atoms with van der Waals surface area (Å²) in [5.41, 5.74) is 4.25. The number of ether oxygens (including phenoxy) is 1. The largest absolute Gasteiger partial charge is 0.372 e. The first-order valence-electron chi connectivity index (χ1n) is 6.71. The van der Waals surface area contributed by atoms with Gasteiger partial charge in [-0.2, -0.15) is 0 Å². The van der Waals surface area contributed by atoms with E-state index in [9.17, 15) is 9.59 Å². The second-order valence-corrected chi connectivity index (χ2v) is 5.07. The van der Waals surface area contributed by atoms with Crippen molar-refractivity contribution >= 4 is 17.9 Å². The third-order valence-electron chi connectivity index (χ3n) is 3.68. The lowest BCUT2D eigenvalue weighted by molar-refractivity contribution is -0.107. The van der Waals surface area contributed by atoms with Gasteiger partial charge in [0.15, 0.2) is 5.78 Å². The van der Waals surface area contributed by atoms with E-state index in [4.69, 9.17) is 4.74 Å². The van der Waals surface area contributed by atoms with E-state index in [1.54, 1.807) is 31.3 Å². The summed E-state index contributed by atoms with van der Waals surface area (Å²) in [6, 6.07) is 12.7. The van der Waals surface area contributed by atoms with E-state index in [-0.39, 0.29) is 5.78 Å². The molecule has 106 valence electrons. The number of anilines is 1. The van der Waals surface area contributed by atoms with E-state index in [1.807, 2.05) is 18.2 Å². The smallest absolute Gasteiger partial charge is 0.213 e. The molecule has 21 heavy (non-hydrogen) atoms. The zero-order valence-corrected chi connectivity index (χ0v) is 11.7. The quantitative estimate of drug-likeness (QED) is 0.639. The lowest BCUT2D eigenvalue weighted by Gasteiger charge is -2.11. The predicted molar refractivity (Wildman–Crippen MR) is 79.3 cm³/mol. The molecule has 1 heterocycles. The van der Waals surface area contributed by atoms with Crippen molar-refractivity contribution < 1.29 is 14.3 Å². The Morgan fingerprint density at radius 3 is 2.43 bits per heavy atom. The topological polar surface area (TPSA) is 46.6 Å². The Bertz CT molecular complexity index is 692. The third-order valence-corrected chi connectivity index (χ3v) is 3.68. The van der Waals surface area contributed by atoms with Gasteiger partial charge in [0.2, 0.25) is 6.41 Å². The Labute approximate surface area is 123 Å². The number of hydrogen-bond acceptors (Lipinski definition) is 3. The third kappa shape index (κ3) is 2.58. The van der Waals surface area contributed by atoms with E-state index >= 15 is 0 Å². The van der Waals surface area contributed by atoms with Crippen LogP contribution in [0.3, 0.4) is 0 Å². The summed E-state index contributed by atoms with van der Waals surface area (Å²) in [4.78, 5) is 24.6. The van der Waals surface area contributed by atoms with Crippen LogP contribution in [0.1, 0.15) is 27.0 Å². The summed E-state index contributed by atoms with van der Waals surface area (Å²) in [5.74, 6) is -0.0231. The molecule has 0 spiro atoms. The van der Waals surface area contributed by atoms with Gasteiger partial charge in [-0.15, -0.1) is 0 Å². The van der Waals surface area contributed by atoms with Crippen molar-refractivity contribution in [1.82, 2.24) is 0 Å². The molecular formula is C17H15NO3. The highest BCUT2D eigenvalue weighted by Crippen LogP contribution is 2.23. The predicted octanol–water partition coefficient (Wildman–Crippen LogP) is 2.54. The molecule has 2 aromatic rings. The molecule has 0 saturated carbocycles. The maximum atomic E-state index is 12.5. The summed E-state index contributed by atoms with van der Waals surface area (Å²) in [6.45, 7) is 1.19. The van der Waals surface area contributed by atoms with Gasteiger partial charge in [0, 0.05) is 23.9 Å². The molecule has 0 N–H and O–H groups in total. The maximum Gasteiger partial charge on any atom is 0.213 e. The maximum absolute atomic E-state index is 12.5. The molecule has 0 aromatic heterocycles. The van der Waals surface area contributed by atoms with Gasteiger partial charge in [-0.3, -0.25) is 9.59 Å². The Hall–Kier alpha value is -2.46. The highest BCUT2D eigenvalue weighted by Gasteiger charge is 2.15. The first-order chi connectivity index (χ1) is 10.2. The molecule has 0 aliphatic carbocycles. The van der Waals surface area contributed by atoms with Crippen molar-refractivity contribution in [2.24, 2.45) is 0 Å². The molecular weight excluding hydrogens is 266 g/mol. The molecule has 1 amide bonds. The van der Waals surface area contributed by atoms with Crippen LogP contribution in [0.15, 0.2) is 42.5 Å². The van der Waals surface area contributed by atoms with Crippen molar-refractivity contribution in [1.29, 1.82) is 0 Å². The minimum atomic E-state index is -0.0231. The number of hydrogen-bond donors (Lipinski definition) is 0. The molecule has 0 unspecified atom stereocenters. The minimum absolute atomic E-state index is 0.0231. The SMILES string of the molecule is CN(C=O)c1ccc(C(=O)c2ccc3c(c2)COC3)cc1. The highest BCUT2D eigenvalue weighted by molar-refractivity contribution is 6.09. The Balaban J connectivity index is 1.86. The molecule has 1 aliphatic heterocycles. The standard InChI is InChI=1S/C17H15NO3/c1-18(11-19)16-6-4-12(5-7-16)17(20)13-2-3-14-9-21-10-15(14)8-13/h2-8,11H,9-10H2,1H3. The van der Waals surface area contributed by atoms with E-state index in [2.05, 4.69) is 0 Å². The molecule has 0 fully saturated rings. The molecule has 0 atom stereocenters. The van der Waals surface area contributed by atoms with E-state index in [0.717, 1.165) is 23.2 Å². The number of carbonyl (C=O) groups excluding carboxylic acids is 2. The van der Waals surface area contributed by atoms with Crippen LogP contribution in [-0.4, -0.2) is 19.2 Å². The summed E-state index contributed by atoms with van der Waals surface area (Å²) >= 11 is 0. The number of rotatable bonds is 4. The van der Waals surface area contributed by atoms with Gasteiger partial charge < -0.3 is 9.64 Å². The van der Waals surface area contributed by atoms with Gasteiger partial charge in [0.25, 0.3) is 0 Å². The fourth-order valence-electron chi connectivity index (χ4n) is 2.39. The Kier molecular flexibility index (Phi) is 3.54. The lowest BCUT2D eigenvalue weighted by atomic mass is 9.99. The van der Waals surface area contributed by atoms with Crippen molar-refractivity contribution in [3.8, 4) is 0 Å². The molecule has 0 saturated heterocycles. The van der Waals surface area contributed by atoms with Crippen LogP contribution in [0.5, 0.6) is 0 Å². The van der Waals surface area contributed by atoms with E-state index in [1.165, 1.54) is 4.90 Å². The second kappa shape index (κ2) is 5.50. The summed E-state index contributed by atoms with van der Waals surface area (Å²) < 4.78 is 5.36. The summed E-state index contributed by atoms with van der Waals surface area (Å²) in [5, 5.41) is 0. The number of benzene rings is 2. The Morgan fingerprint density at radius 1 is 1.05 bits per heavy atom. The van der Waals surface area contributed by atoms with Crippen LogP contribution in [0.4, 0.5) is 5.69 Å². The van der Waals surface area contributed by atoms with Crippen molar-refractivity contribution in [3.63, 3.8) is 0 Å². The van der Waals surface area contributed by atoms with Gasteiger partial charge in [-0.1, -0.05) is 12.1 Å². The average molecular weight is 281 g/mol. The van der Waals surface area contributed by atoms with Crippen molar-refractivity contribution in [3.05, 3.63) is 64.7 Å². The van der Waals surface area contributed by atoms with Crippen LogP contribution >= 0.6 is 0 Å². The second-order valence-electron chi connectivity index (χ2n) is 5.07. The number of amides is 1. The summed E-state index contributed by atoms with van der Waals surface area (Å²) in [6.07, 6.45) is 0.733. The van der Waals surface area contributed by atoms with Crippen LogP contribution < -0.4 is 4.90 Å². The lowest BCUT2D eigenvalue weighted by Crippen LogP contribution is -2.13. The van der Waals surface area contributed by atoms with Crippen LogP contribution in [0, 0.1) is 0 Å². The van der Waals surface area contributed by atoms with Crippen LogP contribution in [-0.2, 0) is 22.7 Å².